The topological polar surface area (TPSA) is 53.0 Å². The Morgan fingerprint density at radius 2 is 2.07 bits per heavy atom. The van der Waals surface area contributed by atoms with Gasteiger partial charge in [-0.15, -0.1) is 0 Å². The number of hydrogen-bond acceptors (Lipinski definition) is 4. The lowest BCUT2D eigenvalue weighted by Gasteiger charge is -2.32. The van der Waals surface area contributed by atoms with Crippen LogP contribution in [-0.4, -0.2) is 30.7 Å². The number of fused-ring (bicyclic) bond motifs is 3. The van der Waals surface area contributed by atoms with Crippen molar-refractivity contribution in [3.8, 4) is 0 Å². The van der Waals surface area contributed by atoms with Crippen molar-refractivity contribution < 1.29 is 14.0 Å². The van der Waals surface area contributed by atoms with Crippen LogP contribution in [0.15, 0.2) is 38.2 Å². The molecule has 2 heterocycles. The average Bonchev–Trinajstić information content (AvgIpc) is 2.95. The molecule has 0 unspecified atom stereocenters. The maximum absolute atomic E-state index is 13.7. The lowest BCUT2D eigenvalue weighted by Crippen LogP contribution is -2.47. The second-order valence-corrected chi connectivity index (χ2v) is 8.92. The van der Waals surface area contributed by atoms with Crippen molar-refractivity contribution in [1.29, 1.82) is 0 Å². The van der Waals surface area contributed by atoms with Crippen molar-refractivity contribution in [2.75, 3.05) is 16.8 Å². The SMILES string of the molecule is CC[C@@H]1CC(=O)N=C2N(C)c3c(cc(Br)c(C(=O)c4cc(F)ccc4Cl)c3Br)N21. The van der Waals surface area contributed by atoms with Crippen LogP contribution in [0.1, 0.15) is 35.7 Å². The number of rotatable bonds is 3. The number of carbonyl (C=O) groups excluding carboxylic acids is 2. The molecule has 1 atom stereocenters. The van der Waals surface area contributed by atoms with Gasteiger partial charge in [-0.2, -0.15) is 4.99 Å². The van der Waals surface area contributed by atoms with Crippen LogP contribution in [0.25, 0.3) is 0 Å². The molecule has 29 heavy (non-hydrogen) atoms. The summed E-state index contributed by atoms with van der Waals surface area (Å²) in [6.07, 6.45) is 1.11. The summed E-state index contributed by atoms with van der Waals surface area (Å²) in [5, 5.41) is 0.169. The molecule has 0 bridgehead atoms. The normalized spacial score (nSPS) is 17.9. The maximum Gasteiger partial charge on any atom is 0.250 e. The summed E-state index contributed by atoms with van der Waals surface area (Å²) in [6.45, 7) is 2.02. The molecule has 0 fully saturated rings. The Hall–Kier alpha value is -1.77. The van der Waals surface area contributed by atoms with Gasteiger partial charge in [0.2, 0.25) is 5.96 Å². The molecule has 0 saturated heterocycles. The molecular weight excluding hydrogens is 528 g/mol. The summed E-state index contributed by atoms with van der Waals surface area (Å²) < 4.78 is 14.8. The molecule has 150 valence electrons. The Morgan fingerprint density at radius 3 is 2.76 bits per heavy atom. The van der Waals surface area contributed by atoms with Gasteiger partial charge in [-0.05, 0) is 62.5 Å². The van der Waals surface area contributed by atoms with Gasteiger partial charge in [0.25, 0.3) is 5.91 Å². The van der Waals surface area contributed by atoms with E-state index in [0.29, 0.717) is 26.9 Å². The summed E-state index contributed by atoms with van der Waals surface area (Å²) in [4.78, 5) is 33.3. The Kier molecular flexibility index (Phi) is 5.29. The molecule has 2 aliphatic heterocycles. The van der Waals surface area contributed by atoms with Crippen molar-refractivity contribution >= 4 is 72.5 Å². The zero-order valence-corrected chi connectivity index (χ0v) is 19.4. The summed E-state index contributed by atoms with van der Waals surface area (Å²) in [6, 6.07) is 5.50. The largest absolute Gasteiger partial charge is 0.312 e. The van der Waals surface area contributed by atoms with Gasteiger partial charge in [-0.1, -0.05) is 18.5 Å². The van der Waals surface area contributed by atoms with Gasteiger partial charge in [-0.25, -0.2) is 4.39 Å². The summed E-state index contributed by atoms with van der Waals surface area (Å²) in [7, 11) is 1.80. The number of halogens is 4. The monoisotopic (exact) mass is 541 g/mol. The third-order valence-electron chi connectivity index (χ3n) is 5.15. The van der Waals surface area contributed by atoms with Crippen LogP contribution >= 0.6 is 43.5 Å². The second-order valence-electron chi connectivity index (χ2n) is 6.87. The number of ketones is 1. The van der Waals surface area contributed by atoms with E-state index in [0.717, 1.165) is 23.9 Å². The number of guanidine groups is 1. The molecule has 1 amide bonds. The molecule has 0 aromatic heterocycles. The first-order valence-corrected chi connectivity index (χ1v) is 10.9. The smallest absolute Gasteiger partial charge is 0.250 e. The van der Waals surface area contributed by atoms with E-state index in [1.165, 1.54) is 12.1 Å². The van der Waals surface area contributed by atoms with Crippen molar-refractivity contribution in [1.82, 2.24) is 0 Å². The van der Waals surface area contributed by atoms with Crippen LogP contribution in [0.2, 0.25) is 5.02 Å². The number of nitrogens with zero attached hydrogens (tertiary/aromatic N) is 3. The van der Waals surface area contributed by atoms with Gasteiger partial charge >= 0.3 is 0 Å². The van der Waals surface area contributed by atoms with Gasteiger partial charge in [0.15, 0.2) is 5.78 Å². The molecule has 2 aliphatic rings. The number of anilines is 2. The van der Waals surface area contributed by atoms with Gasteiger partial charge in [0, 0.05) is 29.5 Å². The highest BCUT2D eigenvalue weighted by atomic mass is 79.9. The molecule has 0 N–H and O–H groups in total. The van der Waals surface area contributed by atoms with Gasteiger partial charge in [-0.3, -0.25) is 9.59 Å². The first-order valence-electron chi connectivity index (χ1n) is 8.90. The Bertz CT molecular complexity index is 1110. The van der Waals surface area contributed by atoms with E-state index < -0.39 is 11.6 Å². The van der Waals surface area contributed by atoms with Crippen molar-refractivity contribution in [3.05, 3.63) is 55.2 Å². The molecule has 5 nitrogen and oxygen atoms in total. The van der Waals surface area contributed by atoms with Crippen LogP contribution in [-0.2, 0) is 4.79 Å². The first kappa shape index (κ1) is 20.5. The van der Waals surface area contributed by atoms with Crippen molar-refractivity contribution in [2.45, 2.75) is 25.8 Å². The van der Waals surface area contributed by atoms with E-state index in [-0.39, 0.29) is 22.5 Å². The molecule has 0 aliphatic carbocycles. The third-order valence-corrected chi connectivity index (χ3v) is 6.88. The minimum absolute atomic E-state index is 0.0169. The predicted molar refractivity (Wildman–Crippen MR) is 119 cm³/mol. The van der Waals surface area contributed by atoms with Gasteiger partial charge < -0.3 is 9.80 Å². The fraction of sp³-hybridized carbons (Fsp3) is 0.250. The van der Waals surface area contributed by atoms with Crippen LogP contribution in [0.3, 0.4) is 0 Å². The number of benzene rings is 2. The van der Waals surface area contributed by atoms with E-state index in [2.05, 4.69) is 36.9 Å². The highest BCUT2D eigenvalue weighted by molar-refractivity contribution is 9.11. The van der Waals surface area contributed by atoms with E-state index in [1.807, 2.05) is 17.9 Å². The summed E-state index contributed by atoms with van der Waals surface area (Å²) >= 11 is 13.2. The third kappa shape index (κ3) is 3.21. The number of carbonyl (C=O) groups is 2. The van der Waals surface area contributed by atoms with Gasteiger partial charge in [0.05, 0.1) is 26.4 Å². The highest BCUT2D eigenvalue weighted by Gasteiger charge is 2.41. The lowest BCUT2D eigenvalue weighted by atomic mass is 10.0. The van der Waals surface area contributed by atoms with E-state index in [4.69, 9.17) is 11.6 Å². The zero-order valence-electron chi connectivity index (χ0n) is 15.5. The van der Waals surface area contributed by atoms with Gasteiger partial charge in [0.1, 0.15) is 5.82 Å². The van der Waals surface area contributed by atoms with Crippen LogP contribution in [0, 0.1) is 5.82 Å². The second kappa shape index (κ2) is 7.49. The standard InChI is InChI=1S/C20H15Br2ClFN3O2/c1-3-10-7-15(28)25-20-26(2)18-14(27(10)20)8-12(21)16(17(18)22)19(29)11-6-9(24)4-5-13(11)23/h4-6,8,10H,3,7H2,1-2H3/t10-/m1/s1. The maximum atomic E-state index is 13.7. The quantitative estimate of drug-likeness (QED) is 0.476. The van der Waals surface area contributed by atoms with E-state index in [1.54, 1.807) is 11.9 Å². The van der Waals surface area contributed by atoms with Crippen LogP contribution in [0.4, 0.5) is 15.8 Å². The number of amides is 1. The minimum Gasteiger partial charge on any atom is -0.312 e. The molecule has 0 saturated carbocycles. The van der Waals surface area contributed by atoms with E-state index in [9.17, 15) is 14.0 Å². The Labute approximate surface area is 188 Å². The zero-order chi connectivity index (χ0) is 21.0. The van der Waals surface area contributed by atoms with Crippen molar-refractivity contribution in [3.63, 3.8) is 0 Å². The first-order chi connectivity index (χ1) is 13.7. The molecule has 0 radical (unpaired) electrons. The lowest BCUT2D eigenvalue weighted by molar-refractivity contribution is -0.118. The average molecular weight is 544 g/mol. The Balaban J connectivity index is 1.90. The minimum atomic E-state index is -0.543. The number of aliphatic imine (C=N–C) groups is 1. The fourth-order valence-corrected chi connectivity index (χ4v) is 5.68. The molecule has 2 aromatic carbocycles. The molecule has 0 spiro atoms. The summed E-state index contributed by atoms with van der Waals surface area (Å²) in [5.41, 5.74) is 1.95. The molecular formula is C20H15Br2ClFN3O2. The molecule has 9 heteroatoms. The van der Waals surface area contributed by atoms with E-state index >= 15 is 0 Å². The highest BCUT2D eigenvalue weighted by Crippen LogP contribution is 2.49. The molecule has 4 rings (SSSR count). The van der Waals surface area contributed by atoms with Crippen molar-refractivity contribution in [2.24, 2.45) is 4.99 Å². The predicted octanol–water partition coefficient (Wildman–Crippen LogP) is 5.56. The summed E-state index contributed by atoms with van der Waals surface area (Å²) in [5.74, 6) is -0.594. The fourth-order valence-electron chi connectivity index (χ4n) is 3.75. The van der Waals surface area contributed by atoms with Crippen LogP contribution < -0.4 is 9.80 Å². The Morgan fingerprint density at radius 1 is 1.34 bits per heavy atom. The number of hydrogen-bond donors (Lipinski definition) is 0. The molecule has 2 aromatic rings. The van der Waals surface area contributed by atoms with Crippen LogP contribution in [0.5, 0.6) is 0 Å².